The maximum atomic E-state index is 6.27. The van der Waals surface area contributed by atoms with E-state index in [1.165, 1.54) is 49.6 Å². The molecule has 2 heteroatoms. The molecule has 0 N–H and O–H groups in total. The van der Waals surface area contributed by atoms with Crippen molar-refractivity contribution in [3.8, 4) is 39.1 Å². The van der Waals surface area contributed by atoms with Crippen LogP contribution in [0.5, 0.6) is 0 Å². The standard InChI is InChI=1S/C37H26ClN/c1-25-10-12-27(13-11-25)31-17-21-35-34-20-16-30(26-6-3-2-4-7-26)23-36(34)39(37(35)24-31)33-18-14-28(15-19-33)29-8-5-9-32(38)22-29/h2-24H,1H3. The van der Waals surface area contributed by atoms with Gasteiger partial charge in [0.2, 0.25) is 0 Å². The molecule has 0 unspecified atom stereocenters. The summed E-state index contributed by atoms with van der Waals surface area (Å²) in [6.45, 7) is 2.13. The highest BCUT2D eigenvalue weighted by atomic mass is 35.5. The fourth-order valence-electron chi connectivity index (χ4n) is 5.50. The Hall–Kier alpha value is -4.59. The molecule has 1 aromatic heterocycles. The molecule has 1 heterocycles. The first-order chi connectivity index (χ1) is 19.1. The molecule has 0 aliphatic rings. The van der Waals surface area contributed by atoms with Crippen molar-refractivity contribution in [1.29, 1.82) is 0 Å². The van der Waals surface area contributed by atoms with Crippen molar-refractivity contribution in [3.63, 3.8) is 0 Å². The third-order valence-electron chi connectivity index (χ3n) is 7.54. The summed E-state index contributed by atoms with van der Waals surface area (Å²) < 4.78 is 2.40. The average Bonchev–Trinajstić information content (AvgIpc) is 3.31. The SMILES string of the molecule is Cc1ccc(-c2ccc3c4ccc(-c5ccccc5)cc4n(-c4ccc(-c5cccc(Cl)c5)cc4)c3c2)cc1. The molecule has 186 valence electrons. The Bertz CT molecular complexity index is 1950. The van der Waals surface area contributed by atoms with Gasteiger partial charge in [-0.05, 0) is 76.7 Å². The lowest BCUT2D eigenvalue weighted by atomic mass is 10.0. The molecule has 0 atom stereocenters. The van der Waals surface area contributed by atoms with Gasteiger partial charge in [0.05, 0.1) is 11.0 Å². The largest absolute Gasteiger partial charge is 0.309 e. The van der Waals surface area contributed by atoms with E-state index in [-0.39, 0.29) is 0 Å². The molecule has 0 saturated heterocycles. The normalized spacial score (nSPS) is 11.3. The number of aryl methyl sites for hydroxylation is 1. The summed E-state index contributed by atoms with van der Waals surface area (Å²) in [5, 5.41) is 3.24. The number of nitrogens with zero attached hydrogens (tertiary/aromatic N) is 1. The monoisotopic (exact) mass is 519 g/mol. The van der Waals surface area contributed by atoms with Crippen molar-refractivity contribution >= 4 is 33.4 Å². The Morgan fingerprint density at radius 2 is 0.923 bits per heavy atom. The van der Waals surface area contributed by atoms with E-state index in [0.717, 1.165) is 21.8 Å². The van der Waals surface area contributed by atoms with E-state index in [0.29, 0.717) is 0 Å². The zero-order valence-corrected chi connectivity index (χ0v) is 22.4. The van der Waals surface area contributed by atoms with Gasteiger partial charge in [-0.3, -0.25) is 0 Å². The van der Waals surface area contributed by atoms with Crippen molar-refractivity contribution in [2.24, 2.45) is 0 Å². The molecule has 0 amide bonds. The van der Waals surface area contributed by atoms with E-state index in [2.05, 4.69) is 133 Å². The number of hydrogen-bond acceptors (Lipinski definition) is 0. The van der Waals surface area contributed by atoms with Crippen molar-refractivity contribution in [3.05, 3.63) is 150 Å². The van der Waals surface area contributed by atoms with E-state index < -0.39 is 0 Å². The minimum absolute atomic E-state index is 0.746. The summed E-state index contributed by atoms with van der Waals surface area (Å²) in [6.07, 6.45) is 0. The molecular weight excluding hydrogens is 494 g/mol. The maximum Gasteiger partial charge on any atom is 0.0547 e. The topological polar surface area (TPSA) is 4.93 Å². The fraction of sp³-hybridized carbons (Fsp3) is 0.0270. The van der Waals surface area contributed by atoms with Crippen molar-refractivity contribution in [2.75, 3.05) is 0 Å². The van der Waals surface area contributed by atoms with Gasteiger partial charge < -0.3 is 4.57 Å². The molecule has 0 radical (unpaired) electrons. The van der Waals surface area contributed by atoms with Crippen LogP contribution in [0.4, 0.5) is 0 Å². The van der Waals surface area contributed by atoms with Crippen LogP contribution in [0.3, 0.4) is 0 Å². The minimum Gasteiger partial charge on any atom is -0.309 e. The van der Waals surface area contributed by atoms with E-state index in [4.69, 9.17) is 11.6 Å². The molecule has 0 aliphatic carbocycles. The van der Waals surface area contributed by atoms with Crippen molar-refractivity contribution < 1.29 is 0 Å². The van der Waals surface area contributed by atoms with Crippen LogP contribution >= 0.6 is 11.6 Å². The van der Waals surface area contributed by atoms with Gasteiger partial charge in [0.15, 0.2) is 0 Å². The Kier molecular flexibility index (Phi) is 5.80. The molecule has 6 aromatic carbocycles. The summed E-state index contributed by atoms with van der Waals surface area (Å²) in [5.74, 6) is 0. The predicted octanol–water partition coefficient (Wildman–Crippen LogP) is 10.7. The second-order valence-corrected chi connectivity index (χ2v) is 10.5. The first kappa shape index (κ1) is 23.5. The van der Waals surface area contributed by atoms with Crippen LogP contribution in [0.1, 0.15) is 5.56 Å². The smallest absolute Gasteiger partial charge is 0.0547 e. The molecule has 0 spiro atoms. The van der Waals surface area contributed by atoms with Crippen LogP contribution in [0.25, 0.3) is 60.9 Å². The molecule has 0 aliphatic heterocycles. The number of rotatable bonds is 4. The Morgan fingerprint density at radius 1 is 0.436 bits per heavy atom. The zero-order valence-electron chi connectivity index (χ0n) is 21.6. The van der Waals surface area contributed by atoms with Gasteiger partial charge in [-0.15, -0.1) is 0 Å². The van der Waals surface area contributed by atoms with Crippen LogP contribution in [-0.2, 0) is 0 Å². The number of hydrogen-bond donors (Lipinski definition) is 0. The molecule has 1 nitrogen and oxygen atoms in total. The molecule has 39 heavy (non-hydrogen) atoms. The zero-order chi connectivity index (χ0) is 26.3. The van der Waals surface area contributed by atoms with E-state index in [9.17, 15) is 0 Å². The first-order valence-corrected chi connectivity index (χ1v) is 13.6. The highest BCUT2D eigenvalue weighted by Crippen LogP contribution is 2.37. The predicted molar refractivity (Wildman–Crippen MR) is 167 cm³/mol. The van der Waals surface area contributed by atoms with Crippen LogP contribution < -0.4 is 0 Å². The summed E-state index contributed by atoms with van der Waals surface area (Å²) in [5.41, 5.74) is 11.9. The Labute approximate surface area is 233 Å². The second-order valence-electron chi connectivity index (χ2n) is 10.1. The van der Waals surface area contributed by atoms with Gasteiger partial charge in [-0.2, -0.15) is 0 Å². The number of halogens is 1. The lowest BCUT2D eigenvalue weighted by Crippen LogP contribution is -1.94. The van der Waals surface area contributed by atoms with Crippen LogP contribution in [0.2, 0.25) is 5.02 Å². The summed E-state index contributed by atoms with van der Waals surface area (Å²) >= 11 is 6.27. The maximum absolute atomic E-state index is 6.27. The van der Waals surface area contributed by atoms with Crippen molar-refractivity contribution in [2.45, 2.75) is 6.92 Å². The van der Waals surface area contributed by atoms with Gasteiger partial charge in [-0.25, -0.2) is 0 Å². The van der Waals surface area contributed by atoms with Gasteiger partial charge in [0.25, 0.3) is 0 Å². The van der Waals surface area contributed by atoms with Crippen LogP contribution in [0, 0.1) is 6.92 Å². The lowest BCUT2D eigenvalue weighted by molar-refractivity contribution is 1.18. The highest BCUT2D eigenvalue weighted by Gasteiger charge is 2.15. The third kappa shape index (κ3) is 4.31. The van der Waals surface area contributed by atoms with Gasteiger partial charge >= 0.3 is 0 Å². The highest BCUT2D eigenvalue weighted by molar-refractivity contribution is 6.30. The van der Waals surface area contributed by atoms with Gasteiger partial charge in [0.1, 0.15) is 0 Å². The molecule has 0 saturated carbocycles. The van der Waals surface area contributed by atoms with Crippen LogP contribution in [-0.4, -0.2) is 4.57 Å². The minimum atomic E-state index is 0.746. The lowest BCUT2D eigenvalue weighted by Gasteiger charge is -2.11. The molecule has 0 bridgehead atoms. The van der Waals surface area contributed by atoms with E-state index >= 15 is 0 Å². The number of benzene rings is 6. The van der Waals surface area contributed by atoms with E-state index in [1.54, 1.807) is 0 Å². The molecule has 7 rings (SSSR count). The Balaban J connectivity index is 1.45. The number of aromatic nitrogens is 1. The summed E-state index contributed by atoms with van der Waals surface area (Å²) in [7, 11) is 0. The van der Waals surface area contributed by atoms with Gasteiger partial charge in [0, 0.05) is 21.5 Å². The van der Waals surface area contributed by atoms with Gasteiger partial charge in [-0.1, -0.05) is 120 Å². The van der Waals surface area contributed by atoms with E-state index in [1.807, 2.05) is 18.2 Å². The van der Waals surface area contributed by atoms with Crippen molar-refractivity contribution in [1.82, 2.24) is 4.57 Å². The third-order valence-corrected chi connectivity index (χ3v) is 7.78. The summed E-state index contributed by atoms with van der Waals surface area (Å²) in [4.78, 5) is 0. The summed E-state index contributed by atoms with van der Waals surface area (Å²) in [6, 6.07) is 49.8. The second kappa shape index (κ2) is 9.62. The Morgan fingerprint density at radius 3 is 1.51 bits per heavy atom. The fourth-order valence-corrected chi connectivity index (χ4v) is 5.69. The first-order valence-electron chi connectivity index (χ1n) is 13.2. The van der Waals surface area contributed by atoms with Crippen LogP contribution in [0.15, 0.2) is 140 Å². The number of fused-ring (bicyclic) bond motifs is 3. The average molecular weight is 520 g/mol. The quantitative estimate of drug-likeness (QED) is 0.218. The molecule has 0 fully saturated rings. The molecule has 7 aromatic rings. The molecular formula is C37H26ClN.